The van der Waals surface area contributed by atoms with Crippen LogP contribution in [-0.2, 0) is 0 Å². The van der Waals surface area contributed by atoms with Gasteiger partial charge in [-0.1, -0.05) is 26.0 Å². The molecule has 33 heavy (non-hydrogen) atoms. The van der Waals surface area contributed by atoms with Crippen LogP contribution >= 0.6 is 0 Å². The second-order valence-electron chi connectivity index (χ2n) is 8.47. The molecular weight excluding hydrogens is 426 g/mol. The van der Waals surface area contributed by atoms with Gasteiger partial charge in [0.1, 0.15) is 0 Å². The fourth-order valence-corrected chi connectivity index (χ4v) is 4.35. The Morgan fingerprint density at radius 2 is 1.09 bits per heavy atom. The molecule has 0 atom stereocenters. The molecule has 0 saturated carbocycles. The molecule has 182 valence electrons. The molecule has 0 radical (unpaired) electrons. The third-order valence-corrected chi connectivity index (χ3v) is 6.34. The molecule has 6 nitrogen and oxygen atoms in total. The van der Waals surface area contributed by atoms with Crippen LogP contribution in [0.3, 0.4) is 0 Å². The maximum absolute atomic E-state index is 13.2. The Kier molecular flexibility index (Phi) is 9.14. The lowest BCUT2D eigenvalue weighted by atomic mass is 10.2. The van der Waals surface area contributed by atoms with Crippen molar-refractivity contribution >= 4 is 11.4 Å². The third kappa shape index (κ3) is 6.48. The highest BCUT2D eigenvalue weighted by Crippen LogP contribution is 2.31. The Labute approximate surface area is 195 Å². The first-order valence-electron chi connectivity index (χ1n) is 11.8. The zero-order valence-corrected chi connectivity index (χ0v) is 19.7. The summed E-state index contributed by atoms with van der Waals surface area (Å²) >= 11 is 0. The number of likely N-dealkylation sites (N-methyl/N-ethyl adjacent to an activating group) is 1. The van der Waals surface area contributed by atoms with Gasteiger partial charge < -0.3 is 24.9 Å². The third-order valence-electron chi connectivity index (χ3n) is 6.34. The quantitative estimate of drug-likeness (QED) is 0.706. The Morgan fingerprint density at radius 1 is 0.667 bits per heavy atom. The maximum atomic E-state index is 13.2. The molecule has 2 heterocycles. The molecule has 2 aliphatic heterocycles. The topological polar surface area (TPSA) is 53.4 Å². The molecule has 2 fully saturated rings. The van der Waals surface area contributed by atoms with E-state index in [2.05, 4.69) is 23.6 Å². The van der Waals surface area contributed by atoms with Gasteiger partial charge in [0.25, 0.3) is 0 Å². The molecule has 4 rings (SSSR count). The standard InChI is InChI=1S/C13H19FN2O.C12H17FN2O/c1-2-6-15-7-9-16(10-8-15)12-5-3-4-11(14)13(12)17;1-2-14-6-8-15(9-7-14)11-5-3-4-10(13)12(11)16/h3-5,17H,2,6-10H2,1H3;3-5,16H,2,6-9H2,1H3. The summed E-state index contributed by atoms with van der Waals surface area (Å²) in [6.45, 7) is 13.7. The number of piperazine rings is 2. The van der Waals surface area contributed by atoms with E-state index in [4.69, 9.17) is 0 Å². The van der Waals surface area contributed by atoms with Crippen molar-refractivity contribution in [1.29, 1.82) is 0 Å². The Bertz CT molecular complexity index is 883. The molecule has 2 saturated heterocycles. The van der Waals surface area contributed by atoms with Crippen molar-refractivity contribution < 1.29 is 19.0 Å². The van der Waals surface area contributed by atoms with Gasteiger partial charge in [0.05, 0.1) is 11.4 Å². The van der Waals surface area contributed by atoms with E-state index in [-0.39, 0.29) is 11.5 Å². The molecule has 2 aromatic rings. The van der Waals surface area contributed by atoms with E-state index in [1.807, 2.05) is 9.80 Å². The molecule has 0 unspecified atom stereocenters. The minimum atomic E-state index is -0.546. The normalized spacial score (nSPS) is 17.6. The summed E-state index contributed by atoms with van der Waals surface area (Å²) < 4.78 is 26.4. The average molecular weight is 463 g/mol. The van der Waals surface area contributed by atoms with Crippen LogP contribution in [0.25, 0.3) is 0 Å². The van der Waals surface area contributed by atoms with Crippen molar-refractivity contribution in [1.82, 2.24) is 9.80 Å². The predicted molar refractivity (Wildman–Crippen MR) is 129 cm³/mol. The number of halogens is 2. The number of hydrogen-bond donors (Lipinski definition) is 2. The van der Waals surface area contributed by atoms with Crippen LogP contribution in [0.4, 0.5) is 20.2 Å². The smallest absolute Gasteiger partial charge is 0.175 e. The van der Waals surface area contributed by atoms with E-state index in [0.717, 1.165) is 71.9 Å². The Morgan fingerprint density at radius 3 is 1.48 bits per heavy atom. The molecule has 2 aromatic carbocycles. The van der Waals surface area contributed by atoms with Crippen molar-refractivity contribution in [2.75, 3.05) is 75.2 Å². The van der Waals surface area contributed by atoms with Crippen LogP contribution in [0, 0.1) is 11.6 Å². The zero-order valence-electron chi connectivity index (χ0n) is 19.7. The number of anilines is 2. The second kappa shape index (κ2) is 12.0. The van der Waals surface area contributed by atoms with E-state index >= 15 is 0 Å². The van der Waals surface area contributed by atoms with Crippen LogP contribution < -0.4 is 9.80 Å². The second-order valence-corrected chi connectivity index (χ2v) is 8.47. The number of para-hydroxylation sites is 2. The molecule has 0 aromatic heterocycles. The van der Waals surface area contributed by atoms with Crippen molar-refractivity contribution in [3.63, 3.8) is 0 Å². The van der Waals surface area contributed by atoms with Crippen molar-refractivity contribution in [3.8, 4) is 11.5 Å². The summed E-state index contributed by atoms with van der Waals surface area (Å²) in [6.07, 6.45) is 1.16. The Hall–Kier alpha value is -2.58. The number of phenols is 2. The fourth-order valence-electron chi connectivity index (χ4n) is 4.35. The van der Waals surface area contributed by atoms with Crippen LogP contribution in [0.15, 0.2) is 36.4 Å². The van der Waals surface area contributed by atoms with Crippen LogP contribution in [-0.4, -0.2) is 85.5 Å². The molecule has 0 bridgehead atoms. The molecule has 0 amide bonds. The van der Waals surface area contributed by atoms with Crippen molar-refractivity contribution in [2.45, 2.75) is 20.3 Å². The van der Waals surface area contributed by atoms with Crippen LogP contribution in [0.5, 0.6) is 11.5 Å². The lowest BCUT2D eigenvalue weighted by molar-refractivity contribution is 0.257. The lowest BCUT2D eigenvalue weighted by Crippen LogP contribution is -2.46. The first-order chi connectivity index (χ1) is 15.9. The van der Waals surface area contributed by atoms with Crippen molar-refractivity contribution in [2.24, 2.45) is 0 Å². The van der Waals surface area contributed by atoms with Crippen LogP contribution in [0.1, 0.15) is 20.3 Å². The number of aromatic hydroxyl groups is 2. The lowest BCUT2D eigenvalue weighted by Gasteiger charge is -2.36. The van der Waals surface area contributed by atoms with E-state index in [1.165, 1.54) is 12.1 Å². The van der Waals surface area contributed by atoms with Gasteiger partial charge in [-0.2, -0.15) is 0 Å². The van der Waals surface area contributed by atoms with Gasteiger partial charge in [-0.25, -0.2) is 8.78 Å². The van der Waals surface area contributed by atoms with Gasteiger partial charge in [-0.15, -0.1) is 0 Å². The molecule has 2 N–H and O–H groups in total. The van der Waals surface area contributed by atoms with E-state index in [1.54, 1.807) is 24.3 Å². The molecule has 2 aliphatic rings. The SMILES string of the molecule is CCCN1CCN(c2cccc(F)c2O)CC1.CCN1CCN(c2cccc(F)c2O)CC1. The van der Waals surface area contributed by atoms with Crippen molar-refractivity contribution in [3.05, 3.63) is 48.0 Å². The highest BCUT2D eigenvalue weighted by molar-refractivity contribution is 5.59. The monoisotopic (exact) mass is 462 g/mol. The number of phenolic OH excluding ortho intramolecular Hbond substituents is 2. The van der Waals surface area contributed by atoms with Gasteiger partial charge in [0.15, 0.2) is 23.1 Å². The molecular formula is C25H36F2N4O2. The zero-order chi connectivity index (χ0) is 23.8. The van der Waals surface area contributed by atoms with Crippen LogP contribution in [0.2, 0.25) is 0 Å². The van der Waals surface area contributed by atoms with Gasteiger partial charge in [-0.05, 0) is 43.8 Å². The molecule has 0 aliphatic carbocycles. The summed E-state index contributed by atoms with van der Waals surface area (Å²) in [6, 6.07) is 9.38. The van der Waals surface area contributed by atoms with Gasteiger partial charge in [-0.3, -0.25) is 4.90 Å². The summed E-state index contributed by atoms with van der Waals surface area (Å²) in [4.78, 5) is 8.81. The number of nitrogens with zero attached hydrogens (tertiary/aromatic N) is 4. The van der Waals surface area contributed by atoms with Gasteiger partial charge in [0.2, 0.25) is 0 Å². The number of rotatable bonds is 5. The fraction of sp³-hybridized carbons (Fsp3) is 0.520. The predicted octanol–water partition coefficient (Wildman–Crippen LogP) is 3.74. The summed E-state index contributed by atoms with van der Waals surface area (Å²) in [7, 11) is 0. The highest BCUT2D eigenvalue weighted by Gasteiger charge is 2.20. The minimum absolute atomic E-state index is 0.226. The highest BCUT2D eigenvalue weighted by atomic mass is 19.1. The van der Waals surface area contributed by atoms with Gasteiger partial charge in [0, 0.05) is 52.4 Å². The van der Waals surface area contributed by atoms with E-state index < -0.39 is 11.6 Å². The average Bonchev–Trinajstić information content (AvgIpc) is 2.84. The largest absolute Gasteiger partial charge is 0.503 e. The van der Waals surface area contributed by atoms with Gasteiger partial charge >= 0.3 is 0 Å². The Balaban J connectivity index is 0.000000186. The molecule has 8 heteroatoms. The maximum Gasteiger partial charge on any atom is 0.175 e. The van der Waals surface area contributed by atoms with E-state index in [9.17, 15) is 19.0 Å². The number of benzene rings is 2. The summed E-state index contributed by atoms with van der Waals surface area (Å²) in [5.74, 6) is -1.54. The molecule has 0 spiro atoms. The minimum Gasteiger partial charge on any atom is -0.503 e. The van der Waals surface area contributed by atoms with E-state index in [0.29, 0.717) is 11.4 Å². The first kappa shape index (κ1) is 25.1. The first-order valence-corrected chi connectivity index (χ1v) is 11.8. The summed E-state index contributed by atoms with van der Waals surface area (Å²) in [5.41, 5.74) is 1.22. The number of hydrogen-bond acceptors (Lipinski definition) is 6. The summed E-state index contributed by atoms with van der Waals surface area (Å²) in [5, 5.41) is 19.3.